The van der Waals surface area contributed by atoms with E-state index in [0.717, 1.165) is 6.07 Å². The minimum atomic E-state index is -0.638. The van der Waals surface area contributed by atoms with Gasteiger partial charge in [-0.25, -0.2) is 8.78 Å². The quantitative estimate of drug-likeness (QED) is 0.834. The molecule has 0 aromatic heterocycles. The third-order valence-electron chi connectivity index (χ3n) is 2.67. The molecule has 2 aromatic rings. The van der Waals surface area contributed by atoms with Crippen LogP contribution in [0.25, 0.3) is 0 Å². The van der Waals surface area contributed by atoms with Crippen LogP contribution in [0.5, 0.6) is 0 Å². The van der Waals surface area contributed by atoms with Crippen LogP contribution in [-0.2, 0) is 0 Å². The van der Waals surface area contributed by atoms with E-state index in [-0.39, 0.29) is 17.8 Å². The Kier molecular flexibility index (Phi) is 4.64. The van der Waals surface area contributed by atoms with Gasteiger partial charge in [-0.15, -0.1) is 0 Å². The van der Waals surface area contributed by atoms with Gasteiger partial charge in [0.2, 0.25) is 0 Å². The summed E-state index contributed by atoms with van der Waals surface area (Å²) in [6.07, 6.45) is 0. The molecule has 0 unspecified atom stereocenters. The van der Waals surface area contributed by atoms with Crippen molar-refractivity contribution in [2.45, 2.75) is 0 Å². The molecule has 0 heterocycles. The van der Waals surface area contributed by atoms with Crippen molar-refractivity contribution in [1.82, 2.24) is 0 Å². The number of carbonyl (C=O) groups excluding carboxylic acids is 1. The Morgan fingerprint density at radius 3 is 2.67 bits per heavy atom. The molecular formula is C16H12F2N2O. The van der Waals surface area contributed by atoms with Crippen LogP contribution in [0.3, 0.4) is 0 Å². The van der Waals surface area contributed by atoms with E-state index in [0.29, 0.717) is 5.56 Å². The lowest BCUT2D eigenvalue weighted by molar-refractivity contribution is 0.102. The summed E-state index contributed by atoms with van der Waals surface area (Å²) in [6.45, 7) is 0.117. The monoisotopic (exact) mass is 286 g/mol. The van der Waals surface area contributed by atoms with Gasteiger partial charge in [0.25, 0.3) is 5.91 Å². The molecule has 5 heteroatoms. The Bertz CT molecular complexity index is 733. The largest absolute Gasteiger partial charge is 0.320 e. The second-order valence-electron chi connectivity index (χ2n) is 4.13. The van der Waals surface area contributed by atoms with Gasteiger partial charge in [-0.1, -0.05) is 24.0 Å². The number of benzene rings is 2. The number of halogens is 2. The van der Waals surface area contributed by atoms with Crippen LogP contribution >= 0.6 is 0 Å². The maximum absolute atomic E-state index is 13.5. The van der Waals surface area contributed by atoms with E-state index >= 15 is 0 Å². The molecule has 0 saturated carbocycles. The molecule has 3 nitrogen and oxygen atoms in total. The molecule has 0 aliphatic carbocycles. The molecule has 0 atom stereocenters. The molecule has 1 amide bonds. The number of rotatable bonds is 2. The van der Waals surface area contributed by atoms with Gasteiger partial charge < -0.3 is 11.1 Å². The van der Waals surface area contributed by atoms with Gasteiger partial charge in [0, 0.05) is 5.56 Å². The van der Waals surface area contributed by atoms with E-state index in [2.05, 4.69) is 17.2 Å². The van der Waals surface area contributed by atoms with Crippen molar-refractivity contribution in [3.63, 3.8) is 0 Å². The number of hydrogen-bond acceptors (Lipinski definition) is 2. The number of hydrogen-bond donors (Lipinski definition) is 2. The number of nitrogens with two attached hydrogens (primary N) is 1. The van der Waals surface area contributed by atoms with Gasteiger partial charge >= 0.3 is 0 Å². The van der Waals surface area contributed by atoms with Gasteiger partial charge in [0.15, 0.2) is 0 Å². The Morgan fingerprint density at radius 2 is 1.95 bits per heavy atom. The van der Waals surface area contributed by atoms with Crippen LogP contribution in [0.4, 0.5) is 14.5 Å². The highest BCUT2D eigenvalue weighted by Gasteiger charge is 2.13. The molecule has 106 valence electrons. The molecule has 0 fully saturated rings. The Labute approximate surface area is 120 Å². The first-order valence-electron chi connectivity index (χ1n) is 6.16. The summed E-state index contributed by atoms with van der Waals surface area (Å²) in [7, 11) is 0. The first-order valence-corrected chi connectivity index (χ1v) is 6.16. The number of para-hydroxylation sites is 1. The zero-order valence-electron chi connectivity index (χ0n) is 11.0. The average molecular weight is 286 g/mol. The zero-order valence-corrected chi connectivity index (χ0v) is 11.0. The highest BCUT2D eigenvalue weighted by molar-refractivity contribution is 6.06. The minimum Gasteiger partial charge on any atom is -0.320 e. The summed E-state index contributed by atoms with van der Waals surface area (Å²) in [5, 5.41) is 2.39. The van der Waals surface area contributed by atoms with Crippen LogP contribution in [0.15, 0.2) is 42.5 Å². The molecule has 0 bridgehead atoms. The minimum absolute atomic E-state index is 0.0181. The summed E-state index contributed by atoms with van der Waals surface area (Å²) >= 11 is 0. The van der Waals surface area contributed by atoms with Gasteiger partial charge in [-0.3, -0.25) is 4.79 Å². The Hall–Kier alpha value is -2.71. The van der Waals surface area contributed by atoms with Crippen molar-refractivity contribution in [2.75, 3.05) is 11.9 Å². The first-order chi connectivity index (χ1) is 10.1. The fourth-order valence-corrected chi connectivity index (χ4v) is 1.71. The van der Waals surface area contributed by atoms with Gasteiger partial charge in [0.1, 0.15) is 11.6 Å². The van der Waals surface area contributed by atoms with Crippen molar-refractivity contribution in [3.05, 3.63) is 65.2 Å². The Morgan fingerprint density at radius 1 is 1.19 bits per heavy atom. The predicted octanol–water partition coefficient (Wildman–Crippen LogP) is 2.53. The lowest BCUT2D eigenvalue weighted by Gasteiger charge is -2.08. The fourth-order valence-electron chi connectivity index (χ4n) is 1.71. The van der Waals surface area contributed by atoms with E-state index in [1.807, 2.05) is 0 Å². The van der Waals surface area contributed by atoms with Crippen LogP contribution < -0.4 is 11.1 Å². The van der Waals surface area contributed by atoms with Crippen LogP contribution in [0.1, 0.15) is 15.9 Å². The first kappa shape index (κ1) is 14.7. The number of nitrogens with one attached hydrogen (secondary N) is 1. The second-order valence-corrected chi connectivity index (χ2v) is 4.13. The average Bonchev–Trinajstić information content (AvgIpc) is 2.48. The standard InChI is InChI=1S/C16H12F2N2O/c17-12-8-7-11(4-3-9-19)13(10-12)16(21)20-15-6-2-1-5-14(15)18/h1-2,5-8,10H,9,19H2,(H,20,21). The van der Waals surface area contributed by atoms with Gasteiger partial charge in [-0.05, 0) is 30.3 Å². The normalized spacial score (nSPS) is 9.67. The zero-order chi connectivity index (χ0) is 15.2. The maximum atomic E-state index is 13.5. The van der Waals surface area contributed by atoms with E-state index in [1.54, 1.807) is 6.07 Å². The van der Waals surface area contributed by atoms with Crippen LogP contribution in [0.2, 0.25) is 0 Å². The van der Waals surface area contributed by atoms with E-state index in [1.165, 1.54) is 30.3 Å². The molecule has 0 saturated heterocycles. The molecule has 0 aliphatic rings. The van der Waals surface area contributed by atoms with Crippen molar-refractivity contribution in [3.8, 4) is 11.8 Å². The highest BCUT2D eigenvalue weighted by atomic mass is 19.1. The molecule has 0 aliphatic heterocycles. The molecule has 3 N–H and O–H groups in total. The Balaban J connectivity index is 2.34. The van der Waals surface area contributed by atoms with E-state index in [9.17, 15) is 13.6 Å². The smallest absolute Gasteiger partial charge is 0.257 e. The second kappa shape index (κ2) is 6.64. The number of anilines is 1. The molecule has 2 rings (SSSR count). The van der Waals surface area contributed by atoms with E-state index < -0.39 is 17.5 Å². The molecule has 2 aromatic carbocycles. The third-order valence-corrected chi connectivity index (χ3v) is 2.67. The lowest BCUT2D eigenvalue weighted by atomic mass is 10.1. The maximum Gasteiger partial charge on any atom is 0.257 e. The molecule has 0 radical (unpaired) electrons. The highest BCUT2D eigenvalue weighted by Crippen LogP contribution is 2.16. The lowest BCUT2D eigenvalue weighted by Crippen LogP contribution is -2.15. The summed E-state index contributed by atoms with van der Waals surface area (Å²) in [5.74, 6) is 3.49. The molecule has 0 spiro atoms. The van der Waals surface area contributed by atoms with Crippen molar-refractivity contribution in [2.24, 2.45) is 5.73 Å². The van der Waals surface area contributed by atoms with Crippen LogP contribution in [0, 0.1) is 23.5 Å². The van der Waals surface area contributed by atoms with Crippen molar-refractivity contribution in [1.29, 1.82) is 0 Å². The number of amides is 1. The SMILES string of the molecule is NCC#Cc1ccc(F)cc1C(=O)Nc1ccccc1F. The van der Waals surface area contributed by atoms with Crippen LogP contribution in [-0.4, -0.2) is 12.5 Å². The fraction of sp³-hybridized carbons (Fsp3) is 0.0625. The summed E-state index contributed by atoms with van der Waals surface area (Å²) in [6, 6.07) is 9.35. The van der Waals surface area contributed by atoms with Gasteiger partial charge in [-0.2, -0.15) is 0 Å². The van der Waals surface area contributed by atoms with Crippen molar-refractivity contribution < 1.29 is 13.6 Å². The third kappa shape index (κ3) is 3.65. The summed E-state index contributed by atoms with van der Waals surface area (Å²) in [5.41, 5.74) is 5.65. The predicted molar refractivity (Wildman–Crippen MR) is 76.7 cm³/mol. The van der Waals surface area contributed by atoms with Crippen molar-refractivity contribution >= 4 is 11.6 Å². The number of carbonyl (C=O) groups is 1. The summed E-state index contributed by atoms with van der Waals surface area (Å²) < 4.78 is 26.8. The van der Waals surface area contributed by atoms with E-state index in [4.69, 9.17) is 5.73 Å². The molecule has 21 heavy (non-hydrogen) atoms. The van der Waals surface area contributed by atoms with Gasteiger partial charge in [0.05, 0.1) is 17.8 Å². The molecular weight excluding hydrogens is 274 g/mol. The summed E-state index contributed by atoms with van der Waals surface area (Å²) in [4.78, 5) is 12.2. The topological polar surface area (TPSA) is 55.1 Å².